The predicted octanol–water partition coefficient (Wildman–Crippen LogP) is 1.59. The lowest BCUT2D eigenvalue weighted by molar-refractivity contribution is -0.137. The van der Waals surface area contributed by atoms with E-state index in [4.69, 9.17) is 0 Å². The highest BCUT2D eigenvalue weighted by Gasteiger charge is 2.23. The number of benzene rings is 1. The molecule has 0 aliphatic carbocycles. The molecule has 4 nitrogen and oxygen atoms in total. The average molecular weight is 226 g/mol. The molecule has 1 aromatic carbocycles. The van der Waals surface area contributed by atoms with Crippen molar-refractivity contribution < 1.29 is 23.8 Å². The van der Waals surface area contributed by atoms with Crippen LogP contribution in [0.25, 0.3) is 0 Å². The number of halogens is 1. The molecule has 0 fully saturated rings. The van der Waals surface area contributed by atoms with Gasteiger partial charge in [-0.05, 0) is 31.5 Å². The molecule has 1 N–H and O–H groups in total. The molecule has 0 saturated heterocycles. The molecule has 86 valence electrons. The molecule has 0 aromatic heterocycles. The number of esters is 1. The molecular weight excluding hydrogens is 215 g/mol. The number of phenolic OH excluding ortho intramolecular Hbond substituents is 1. The van der Waals surface area contributed by atoms with Gasteiger partial charge in [-0.25, -0.2) is 9.18 Å². The Bertz CT molecular complexity index is 440. The molecule has 0 aliphatic rings. The van der Waals surface area contributed by atoms with E-state index in [2.05, 4.69) is 4.74 Å². The minimum atomic E-state index is -1.11. The van der Waals surface area contributed by atoms with Gasteiger partial charge in [-0.1, -0.05) is 0 Å². The quantitative estimate of drug-likeness (QED) is 0.483. The van der Waals surface area contributed by atoms with E-state index in [1.165, 1.54) is 6.07 Å². The van der Waals surface area contributed by atoms with Gasteiger partial charge in [0.25, 0.3) is 5.78 Å². The lowest BCUT2D eigenvalue weighted by Gasteiger charge is -2.05. The van der Waals surface area contributed by atoms with Crippen LogP contribution in [0.15, 0.2) is 12.1 Å². The van der Waals surface area contributed by atoms with Crippen molar-refractivity contribution in [1.29, 1.82) is 0 Å². The zero-order valence-electron chi connectivity index (χ0n) is 8.91. The molecule has 5 heteroatoms. The van der Waals surface area contributed by atoms with E-state index in [1.54, 1.807) is 13.8 Å². The van der Waals surface area contributed by atoms with Crippen LogP contribution < -0.4 is 0 Å². The fourth-order valence-corrected chi connectivity index (χ4v) is 1.21. The smallest absolute Gasteiger partial charge is 0.379 e. The maximum Gasteiger partial charge on any atom is 0.379 e. The van der Waals surface area contributed by atoms with Crippen LogP contribution in [-0.2, 0) is 9.53 Å². The van der Waals surface area contributed by atoms with Crippen LogP contribution in [0.2, 0.25) is 0 Å². The van der Waals surface area contributed by atoms with Gasteiger partial charge in [0, 0.05) is 0 Å². The summed E-state index contributed by atoms with van der Waals surface area (Å²) in [5, 5.41) is 9.31. The summed E-state index contributed by atoms with van der Waals surface area (Å²) >= 11 is 0. The molecule has 0 heterocycles. The number of Topliss-reactive ketones (excluding diaryl/α,β-unsaturated/α-hetero) is 1. The normalized spacial score (nSPS) is 9.94. The Morgan fingerprint density at radius 3 is 2.62 bits per heavy atom. The fraction of sp³-hybridized carbons (Fsp3) is 0.273. The van der Waals surface area contributed by atoms with E-state index in [0.717, 1.165) is 6.07 Å². The molecular formula is C11H11FO4. The highest BCUT2D eigenvalue weighted by molar-refractivity contribution is 6.41. The summed E-state index contributed by atoms with van der Waals surface area (Å²) in [6.45, 7) is 3.13. The first-order valence-corrected chi connectivity index (χ1v) is 4.68. The number of aryl methyl sites for hydroxylation is 1. The fourth-order valence-electron chi connectivity index (χ4n) is 1.21. The van der Waals surface area contributed by atoms with Crippen LogP contribution >= 0.6 is 0 Å². The molecule has 0 atom stereocenters. The van der Waals surface area contributed by atoms with Crippen molar-refractivity contribution in [1.82, 2.24) is 0 Å². The Labute approximate surface area is 91.7 Å². The summed E-state index contributed by atoms with van der Waals surface area (Å²) in [4.78, 5) is 22.6. The lowest BCUT2D eigenvalue weighted by atomic mass is 10.1. The molecule has 16 heavy (non-hydrogen) atoms. The lowest BCUT2D eigenvalue weighted by Crippen LogP contribution is -2.18. The van der Waals surface area contributed by atoms with Crippen molar-refractivity contribution in [3.63, 3.8) is 0 Å². The standard InChI is InChI=1S/C11H11FO4/c1-3-16-11(15)10(14)7-4-6(2)5-8(12)9(7)13/h4-5,13H,3H2,1-2H3. The minimum Gasteiger partial charge on any atom is -0.504 e. The van der Waals surface area contributed by atoms with E-state index in [-0.39, 0.29) is 12.2 Å². The maximum atomic E-state index is 13.1. The van der Waals surface area contributed by atoms with Crippen LogP contribution in [0.1, 0.15) is 22.8 Å². The number of carbonyl (C=O) groups is 2. The minimum absolute atomic E-state index is 0.0413. The Balaban J connectivity index is 3.13. The van der Waals surface area contributed by atoms with Crippen LogP contribution in [0.5, 0.6) is 5.75 Å². The Morgan fingerprint density at radius 1 is 1.44 bits per heavy atom. The summed E-state index contributed by atoms with van der Waals surface area (Å²) in [7, 11) is 0. The summed E-state index contributed by atoms with van der Waals surface area (Å²) in [6.07, 6.45) is 0. The number of carbonyl (C=O) groups excluding carboxylic acids is 2. The second-order valence-corrected chi connectivity index (χ2v) is 3.19. The number of ether oxygens (including phenoxy) is 1. The zero-order chi connectivity index (χ0) is 12.3. The molecule has 0 saturated carbocycles. The Morgan fingerprint density at radius 2 is 2.06 bits per heavy atom. The molecule has 0 amide bonds. The monoisotopic (exact) mass is 226 g/mol. The zero-order valence-corrected chi connectivity index (χ0v) is 8.91. The highest BCUT2D eigenvalue weighted by Crippen LogP contribution is 2.23. The van der Waals surface area contributed by atoms with Crippen molar-refractivity contribution in [3.05, 3.63) is 29.1 Å². The van der Waals surface area contributed by atoms with Crippen molar-refractivity contribution in [2.24, 2.45) is 0 Å². The third-order valence-electron chi connectivity index (χ3n) is 1.91. The van der Waals surface area contributed by atoms with Gasteiger partial charge < -0.3 is 9.84 Å². The van der Waals surface area contributed by atoms with E-state index in [1.807, 2.05) is 0 Å². The number of ketones is 1. The van der Waals surface area contributed by atoms with Crippen LogP contribution in [0, 0.1) is 12.7 Å². The molecule has 1 rings (SSSR count). The van der Waals surface area contributed by atoms with Gasteiger partial charge in [0.2, 0.25) is 0 Å². The molecule has 0 bridgehead atoms. The number of hydrogen-bond acceptors (Lipinski definition) is 4. The molecule has 0 unspecified atom stereocenters. The summed E-state index contributed by atoms with van der Waals surface area (Å²) in [5.74, 6) is -3.93. The van der Waals surface area contributed by atoms with Gasteiger partial charge in [-0.15, -0.1) is 0 Å². The molecule has 1 aromatic rings. The predicted molar refractivity (Wildman–Crippen MR) is 53.8 cm³/mol. The Hall–Kier alpha value is -1.91. The third-order valence-corrected chi connectivity index (χ3v) is 1.91. The van der Waals surface area contributed by atoms with E-state index in [9.17, 15) is 19.1 Å². The van der Waals surface area contributed by atoms with Crippen molar-refractivity contribution in [3.8, 4) is 5.75 Å². The summed E-state index contributed by atoms with van der Waals surface area (Å²) < 4.78 is 17.6. The van der Waals surface area contributed by atoms with Gasteiger partial charge in [0.1, 0.15) is 0 Å². The second kappa shape index (κ2) is 4.74. The highest BCUT2D eigenvalue weighted by atomic mass is 19.1. The van der Waals surface area contributed by atoms with Crippen LogP contribution in [0.3, 0.4) is 0 Å². The van der Waals surface area contributed by atoms with Crippen LogP contribution in [0.4, 0.5) is 4.39 Å². The van der Waals surface area contributed by atoms with Crippen molar-refractivity contribution in [2.45, 2.75) is 13.8 Å². The van der Waals surface area contributed by atoms with Gasteiger partial charge in [0.15, 0.2) is 11.6 Å². The Kier molecular flexibility index (Phi) is 3.60. The second-order valence-electron chi connectivity index (χ2n) is 3.19. The summed E-state index contributed by atoms with van der Waals surface area (Å²) in [5.41, 5.74) is 0.0545. The average Bonchev–Trinajstić information content (AvgIpc) is 2.22. The first-order valence-electron chi connectivity index (χ1n) is 4.68. The third kappa shape index (κ3) is 2.36. The SMILES string of the molecule is CCOC(=O)C(=O)c1cc(C)cc(F)c1O. The summed E-state index contributed by atoms with van der Waals surface area (Å²) in [6, 6.07) is 2.30. The first kappa shape index (κ1) is 12.2. The van der Waals surface area contributed by atoms with E-state index in [0.29, 0.717) is 5.56 Å². The van der Waals surface area contributed by atoms with E-state index < -0.39 is 23.3 Å². The molecule has 0 spiro atoms. The number of phenols is 1. The van der Waals surface area contributed by atoms with Gasteiger partial charge in [-0.2, -0.15) is 0 Å². The van der Waals surface area contributed by atoms with Crippen molar-refractivity contribution in [2.75, 3.05) is 6.61 Å². The topological polar surface area (TPSA) is 63.6 Å². The van der Waals surface area contributed by atoms with Gasteiger partial charge in [0.05, 0.1) is 12.2 Å². The van der Waals surface area contributed by atoms with Gasteiger partial charge in [-0.3, -0.25) is 4.79 Å². The maximum absolute atomic E-state index is 13.1. The largest absolute Gasteiger partial charge is 0.504 e. The van der Waals surface area contributed by atoms with Gasteiger partial charge >= 0.3 is 5.97 Å². The number of rotatable bonds is 3. The number of hydrogen-bond donors (Lipinski definition) is 1. The van der Waals surface area contributed by atoms with Crippen LogP contribution in [-0.4, -0.2) is 23.5 Å². The number of aromatic hydroxyl groups is 1. The molecule has 0 radical (unpaired) electrons. The first-order chi connectivity index (χ1) is 7.47. The van der Waals surface area contributed by atoms with Crippen molar-refractivity contribution >= 4 is 11.8 Å². The van der Waals surface area contributed by atoms with E-state index >= 15 is 0 Å². The molecule has 0 aliphatic heterocycles.